The van der Waals surface area contributed by atoms with Crippen LogP contribution in [0.2, 0.25) is 0 Å². The lowest BCUT2D eigenvalue weighted by Gasteiger charge is -2.17. The van der Waals surface area contributed by atoms with Crippen LogP contribution >= 0.6 is 0 Å². The number of esters is 2. The molecule has 0 aromatic rings. The first-order chi connectivity index (χ1) is 7.31. The first kappa shape index (κ1) is 14.7. The minimum Gasteiger partial charge on any atom is -0.466 e. The van der Waals surface area contributed by atoms with Crippen molar-refractivity contribution < 1.29 is 19.1 Å². The summed E-state index contributed by atoms with van der Waals surface area (Å²) < 4.78 is 9.81. The van der Waals surface area contributed by atoms with Gasteiger partial charge in [-0.3, -0.25) is 4.79 Å². The van der Waals surface area contributed by atoms with Crippen molar-refractivity contribution in [2.75, 3.05) is 6.61 Å². The molecular weight excluding hydrogens is 208 g/mol. The predicted octanol–water partition coefficient (Wildman–Crippen LogP) is 2.23. The van der Waals surface area contributed by atoms with Crippen molar-refractivity contribution in [3.8, 4) is 0 Å². The molecule has 0 fully saturated rings. The fourth-order valence-electron chi connectivity index (χ4n) is 0.932. The quantitative estimate of drug-likeness (QED) is 0.411. The maximum atomic E-state index is 11.2. The van der Waals surface area contributed by atoms with E-state index in [2.05, 4.69) is 0 Å². The van der Waals surface area contributed by atoms with Crippen LogP contribution in [-0.2, 0) is 19.1 Å². The Hall–Kier alpha value is -1.32. The van der Waals surface area contributed by atoms with Crippen LogP contribution in [0, 0.1) is 0 Å². The monoisotopic (exact) mass is 228 g/mol. The molecule has 92 valence electrons. The third kappa shape index (κ3) is 10.8. The third-order valence-electron chi connectivity index (χ3n) is 1.48. The Morgan fingerprint density at radius 2 is 1.88 bits per heavy atom. The zero-order valence-electron chi connectivity index (χ0n) is 10.4. The molecule has 0 aliphatic carbocycles. The molecule has 0 radical (unpaired) electrons. The molecule has 4 heteroatoms. The van der Waals surface area contributed by atoms with Gasteiger partial charge in [-0.25, -0.2) is 4.79 Å². The molecule has 0 spiro atoms. The second-order valence-electron chi connectivity index (χ2n) is 4.42. The minimum absolute atomic E-state index is 0.281. The standard InChI is InChI=1S/C12H20O4/c1-10(13)15-9-7-5-6-8-11(14)16-12(2,3)4/h6,8H,5,7,9H2,1-4H3. The molecule has 0 amide bonds. The summed E-state index contributed by atoms with van der Waals surface area (Å²) in [5.41, 5.74) is -0.459. The Labute approximate surface area is 96.6 Å². The summed E-state index contributed by atoms with van der Waals surface area (Å²) in [6.45, 7) is 7.21. The lowest BCUT2D eigenvalue weighted by atomic mass is 10.2. The number of carbonyl (C=O) groups is 2. The summed E-state index contributed by atoms with van der Waals surface area (Å²) in [6, 6.07) is 0. The summed E-state index contributed by atoms with van der Waals surface area (Å²) in [5.74, 6) is -0.629. The summed E-state index contributed by atoms with van der Waals surface area (Å²) >= 11 is 0. The number of carbonyl (C=O) groups excluding carboxylic acids is 2. The van der Waals surface area contributed by atoms with E-state index >= 15 is 0 Å². The van der Waals surface area contributed by atoms with Gasteiger partial charge >= 0.3 is 11.9 Å². The lowest BCUT2D eigenvalue weighted by molar-refractivity contribution is -0.148. The maximum Gasteiger partial charge on any atom is 0.330 e. The fourth-order valence-corrected chi connectivity index (χ4v) is 0.932. The van der Waals surface area contributed by atoms with E-state index in [1.54, 1.807) is 6.08 Å². The fraction of sp³-hybridized carbons (Fsp3) is 0.667. The Morgan fingerprint density at radius 3 is 2.38 bits per heavy atom. The molecular formula is C12H20O4. The highest BCUT2D eigenvalue weighted by atomic mass is 16.6. The smallest absolute Gasteiger partial charge is 0.330 e. The number of rotatable bonds is 5. The number of ether oxygens (including phenoxy) is 2. The van der Waals surface area contributed by atoms with Crippen molar-refractivity contribution in [2.45, 2.75) is 46.1 Å². The molecule has 0 saturated heterocycles. The zero-order chi connectivity index (χ0) is 12.6. The van der Waals surface area contributed by atoms with Gasteiger partial charge in [0.1, 0.15) is 5.60 Å². The van der Waals surface area contributed by atoms with Crippen LogP contribution in [0.15, 0.2) is 12.2 Å². The van der Waals surface area contributed by atoms with E-state index < -0.39 is 5.60 Å². The zero-order valence-corrected chi connectivity index (χ0v) is 10.4. The topological polar surface area (TPSA) is 52.6 Å². The Kier molecular flexibility index (Phi) is 6.46. The second kappa shape index (κ2) is 7.04. The molecule has 16 heavy (non-hydrogen) atoms. The number of unbranched alkanes of at least 4 members (excludes halogenated alkanes) is 1. The van der Waals surface area contributed by atoms with E-state index in [-0.39, 0.29) is 11.9 Å². The Balaban J connectivity index is 3.61. The van der Waals surface area contributed by atoms with Crippen molar-refractivity contribution in [3.63, 3.8) is 0 Å². The molecule has 0 rings (SSSR count). The van der Waals surface area contributed by atoms with E-state index in [1.807, 2.05) is 20.8 Å². The average Bonchev–Trinajstić information content (AvgIpc) is 2.07. The van der Waals surface area contributed by atoms with Gasteiger partial charge in [-0.1, -0.05) is 6.08 Å². The molecule has 0 aliphatic rings. The average molecular weight is 228 g/mol. The summed E-state index contributed by atoms with van der Waals surface area (Å²) in [7, 11) is 0. The number of hydrogen-bond acceptors (Lipinski definition) is 4. The summed E-state index contributed by atoms with van der Waals surface area (Å²) in [5, 5.41) is 0. The van der Waals surface area contributed by atoms with E-state index in [4.69, 9.17) is 9.47 Å². The van der Waals surface area contributed by atoms with Gasteiger partial charge < -0.3 is 9.47 Å². The number of hydrogen-bond donors (Lipinski definition) is 0. The van der Waals surface area contributed by atoms with Gasteiger partial charge in [-0.15, -0.1) is 0 Å². The van der Waals surface area contributed by atoms with E-state index in [0.29, 0.717) is 19.4 Å². The van der Waals surface area contributed by atoms with Crippen molar-refractivity contribution in [3.05, 3.63) is 12.2 Å². The number of allylic oxidation sites excluding steroid dienone is 1. The van der Waals surface area contributed by atoms with Crippen molar-refractivity contribution >= 4 is 11.9 Å². The molecule has 0 aromatic heterocycles. The lowest BCUT2D eigenvalue weighted by Crippen LogP contribution is -2.22. The molecule has 4 nitrogen and oxygen atoms in total. The molecule has 0 heterocycles. The van der Waals surface area contributed by atoms with Crippen LogP contribution in [0.25, 0.3) is 0 Å². The highest BCUT2D eigenvalue weighted by Gasteiger charge is 2.13. The maximum absolute atomic E-state index is 11.2. The first-order valence-corrected chi connectivity index (χ1v) is 5.34. The van der Waals surface area contributed by atoms with Gasteiger partial charge in [0.2, 0.25) is 0 Å². The van der Waals surface area contributed by atoms with Gasteiger partial charge in [0.25, 0.3) is 0 Å². The first-order valence-electron chi connectivity index (χ1n) is 5.34. The third-order valence-corrected chi connectivity index (χ3v) is 1.48. The Morgan fingerprint density at radius 1 is 1.25 bits per heavy atom. The molecule has 0 N–H and O–H groups in total. The largest absolute Gasteiger partial charge is 0.466 e. The minimum atomic E-state index is -0.459. The van der Waals surface area contributed by atoms with Gasteiger partial charge in [-0.2, -0.15) is 0 Å². The molecule has 0 unspecified atom stereocenters. The summed E-state index contributed by atoms with van der Waals surface area (Å²) in [4.78, 5) is 21.6. The van der Waals surface area contributed by atoms with Crippen LogP contribution < -0.4 is 0 Å². The molecule has 0 aromatic carbocycles. The predicted molar refractivity (Wildman–Crippen MR) is 60.9 cm³/mol. The van der Waals surface area contributed by atoms with E-state index in [0.717, 1.165) is 0 Å². The highest BCUT2D eigenvalue weighted by Crippen LogP contribution is 2.07. The highest BCUT2D eigenvalue weighted by molar-refractivity contribution is 5.82. The van der Waals surface area contributed by atoms with Gasteiger partial charge in [-0.05, 0) is 33.6 Å². The van der Waals surface area contributed by atoms with E-state index in [9.17, 15) is 9.59 Å². The second-order valence-corrected chi connectivity index (χ2v) is 4.42. The van der Waals surface area contributed by atoms with Crippen LogP contribution in [0.5, 0.6) is 0 Å². The van der Waals surface area contributed by atoms with Crippen molar-refractivity contribution in [1.82, 2.24) is 0 Å². The normalized spacial score (nSPS) is 11.5. The van der Waals surface area contributed by atoms with Crippen molar-refractivity contribution in [2.24, 2.45) is 0 Å². The summed E-state index contributed by atoms with van der Waals surface area (Å²) in [6.07, 6.45) is 4.52. The Bertz CT molecular complexity index is 261. The van der Waals surface area contributed by atoms with Crippen LogP contribution in [-0.4, -0.2) is 24.1 Å². The van der Waals surface area contributed by atoms with E-state index in [1.165, 1.54) is 13.0 Å². The van der Waals surface area contributed by atoms with Crippen LogP contribution in [0.1, 0.15) is 40.5 Å². The molecule has 0 aliphatic heterocycles. The van der Waals surface area contributed by atoms with Crippen molar-refractivity contribution in [1.29, 1.82) is 0 Å². The van der Waals surface area contributed by atoms with Gasteiger partial charge in [0.05, 0.1) is 6.61 Å². The van der Waals surface area contributed by atoms with Crippen LogP contribution in [0.3, 0.4) is 0 Å². The molecule has 0 atom stereocenters. The van der Waals surface area contributed by atoms with Gasteiger partial charge in [0, 0.05) is 13.0 Å². The van der Waals surface area contributed by atoms with Crippen LogP contribution in [0.4, 0.5) is 0 Å². The molecule has 0 saturated carbocycles. The molecule has 0 bridgehead atoms. The van der Waals surface area contributed by atoms with Gasteiger partial charge in [0.15, 0.2) is 0 Å². The SMILES string of the molecule is CC(=O)OCCCC=CC(=O)OC(C)(C)C.